The minimum Gasteiger partial charge on any atom is -0.459 e. The van der Waals surface area contributed by atoms with Gasteiger partial charge >= 0.3 is 5.97 Å². The number of nitrogens with zero attached hydrogens (tertiary/aromatic N) is 2. The summed E-state index contributed by atoms with van der Waals surface area (Å²) in [5.41, 5.74) is 5.43. The Hall–Kier alpha value is -0.650. The number of ether oxygens (including phenoxy) is 1. The van der Waals surface area contributed by atoms with Gasteiger partial charge in [0, 0.05) is 38.3 Å². The number of nitrogens with two attached hydrogens (primary N) is 1. The standard InChI is InChI=1S/C14H29N3O2/c1-13(2,3)19-12(18)10-16-6-8-17(9-7-16)14(4,5)11-15/h6-11,15H2,1-5H3. The molecule has 0 bridgehead atoms. The van der Waals surface area contributed by atoms with Crippen molar-refractivity contribution >= 4 is 5.97 Å². The highest BCUT2D eigenvalue weighted by atomic mass is 16.6. The van der Waals surface area contributed by atoms with Crippen molar-refractivity contribution < 1.29 is 9.53 Å². The van der Waals surface area contributed by atoms with Gasteiger partial charge in [0.15, 0.2) is 0 Å². The third-order valence-corrected chi connectivity index (χ3v) is 3.50. The molecule has 1 heterocycles. The number of piperazine rings is 1. The van der Waals surface area contributed by atoms with Crippen LogP contribution in [0.3, 0.4) is 0 Å². The Morgan fingerprint density at radius 1 is 1.11 bits per heavy atom. The van der Waals surface area contributed by atoms with E-state index < -0.39 is 5.60 Å². The molecule has 1 rings (SSSR count). The minimum atomic E-state index is -0.402. The first-order chi connectivity index (χ1) is 8.64. The summed E-state index contributed by atoms with van der Waals surface area (Å²) >= 11 is 0. The van der Waals surface area contributed by atoms with Crippen LogP contribution in [0.1, 0.15) is 34.6 Å². The molecule has 1 aliphatic heterocycles. The lowest BCUT2D eigenvalue weighted by Gasteiger charge is -2.43. The molecule has 5 heteroatoms. The lowest BCUT2D eigenvalue weighted by molar-refractivity contribution is -0.156. The predicted molar refractivity (Wildman–Crippen MR) is 77.0 cm³/mol. The first-order valence-electron chi connectivity index (χ1n) is 7.03. The Balaban J connectivity index is 2.37. The van der Waals surface area contributed by atoms with Crippen LogP contribution in [0.2, 0.25) is 0 Å². The third kappa shape index (κ3) is 5.47. The van der Waals surface area contributed by atoms with E-state index >= 15 is 0 Å². The van der Waals surface area contributed by atoms with Gasteiger partial charge in [0.25, 0.3) is 0 Å². The second kappa shape index (κ2) is 6.20. The molecule has 0 atom stereocenters. The van der Waals surface area contributed by atoms with Crippen LogP contribution in [0.25, 0.3) is 0 Å². The van der Waals surface area contributed by atoms with Crippen LogP contribution >= 0.6 is 0 Å². The molecule has 0 spiro atoms. The molecule has 5 nitrogen and oxygen atoms in total. The molecular weight excluding hydrogens is 242 g/mol. The molecule has 2 N–H and O–H groups in total. The SMILES string of the molecule is CC(C)(C)OC(=O)CN1CCN(C(C)(C)CN)CC1. The molecular formula is C14H29N3O2. The fourth-order valence-electron chi connectivity index (χ4n) is 2.20. The average molecular weight is 271 g/mol. The van der Waals surface area contributed by atoms with E-state index in [1.807, 2.05) is 20.8 Å². The second-order valence-corrected chi connectivity index (χ2v) is 6.87. The molecule has 112 valence electrons. The van der Waals surface area contributed by atoms with Gasteiger partial charge in [-0.2, -0.15) is 0 Å². The summed E-state index contributed by atoms with van der Waals surface area (Å²) in [6.07, 6.45) is 0. The monoisotopic (exact) mass is 271 g/mol. The predicted octanol–water partition coefficient (Wildman–Crippen LogP) is 0.683. The summed E-state index contributed by atoms with van der Waals surface area (Å²) in [6.45, 7) is 14.7. The Morgan fingerprint density at radius 2 is 1.63 bits per heavy atom. The number of esters is 1. The van der Waals surface area contributed by atoms with Gasteiger partial charge in [0.05, 0.1) is 6.54 Å². The fraction of sp³-hybridized carbons (Fsp3) is 0.929. The Labute approximate surface area is 117 Å². The zero-order valence-electron chi connectivity index (χ0n) is 13.0. The number of rotatable bonds is 4. The van der Waals surface area contributed by atoms with E-state index in [-0.39, 0.29) is 11.5 Å². The van der Waals surface area contributed by atoms with E-state index in [1.165, 1.54) is 0 Å². The van der Waals surface area contributed by atoms with Crippen LogP contribution in [0.4, 0.5) is 0 Å². The average Bonchev–Trinajstić information content (AvgIpc) is 2.27. The van der Waals surface area contributed by atoms with E-state index in [0.29, 0.717) is 13.1 Å². The maximum absolute atomic E-state index is 11.8. The van der Waals surface area contributed by atoms with Gasteiger partial charge < -0.3 is 10.5 Å². The fourth-order valence-corrected chi connectivity index (χ4v) is 2.20. The summed E-state index contributed by atoms with van der Waals surface area (Å²) in [7, 11) is 0. The van der Waals surface area contributed by atoms with Crippen molar-refractivity contribution in [2.45, 2.75) is 45.8 Å². The van der Waals surface area contributed by atoms with Gasteiger partial charge in [0.1, 0.15) is 5.60 Å². The molecule has 1 aliphatic rings. The van der Waals surface area contributed by atoms with Crippen molar-refractivity contribution in [3.05, 3.63) is 0 Å². The summed E-state index contributed by atoms with van der Waals surface area (Å²) < 4.78 is 5.34. The molecule has 0 radical (unpaired) electrons. The van der Waals surface area contributed by atoms with Gasteiger partial charge in [-0.1, -0.05) is 0 Å². The van der Waals surface area contributed by atoms with Crippen molar-refractivity contribution in [3.63, 3.8) is 0 Å². The van der Waals surface area contributed by atoms with Crippen molar-refractivity contribution in [2.24, 2.45) is 5.73 Å². The number of carbonyl (C=O) groups is 1. The van der Waals surface area contributed by atoms with Gasteiger partial charge in [0.2, 0.25) is 0 Å². The molecule has 1 saturated heterocycles. The lowest BCUT2D eigenvalue weighted by atomic mass is 10.0. The molecule has 0 saturated carbocycles. The van der Waals surface area contributed by atoms with Crippen molar-refractivity contribution in [1.82, 2.24) is 9.80 Å². The van der Waals surface area contributed by atoms with E-state index in [9.17, 15) is 4.79 Å². The van der Waals surface area contributed by atoms with E-state index in [2.05, 4.69) is 23.6 Å². The van der Waals surface area contributed by atoms with Crippen LogP contribution in [0.5, 0.6) is 0 Å². The van der Waals surface area contributed by atoms with Gasteiger partial charge in [-0.05, 0) is 34.6 Å². The molecule has 0 aromatic rings. The van der Waals surface area contributed by atoms with Crippen molar-refractivity contribution in [3.8, 4) is 0 Å². The van der Waals surface area contributed by atoms with E-state index in [1.54, 1.807) is 0 Å². The van der Waals surface area contributed by atoms with Crippen molar-refractivity contribution in [1.29, 1.82) is 0 Å². The highest BCUT2D eigenvalue weighted by Gasteiger charge is 2.29. The minimum absolute atomic E-state index is 0.0397. The summed E-state index contributed by atoms with van der Waals surface area (Å²) in [4.78, 5) is 16.3. The number of hydrogen-bond donors (Lipinski definition) is 1. The quantitative estimate of drug-likeness (QED) is 0.762. The summed E-state index contributed by atoms with van der Waals surface area (Å²) in [6, 6.07) is 0. The highest BCUT2D eigenvalue weighted by Crippen LogP contribution is 2.16. The zero-order valence-corrected chi connectivity index (χ0v) is 13.0. The maximum Gasteiger partial charge on any atom is 0.320 e. The second-order valence-electron chi connectivity index (χ2n) is 6.87. The van der Waals surface area contributed by atoms with E-state index in [4.69, 9.17) is 10.5 Å². The van der Waals surface area contributed by atoms with Gasteiger partial charge in [-0.15, -0.1) is 0 Å². The molecule has 0 aromatic carbocycles. The van der Waals surface area contributed by atoms with Gasteiger partial charge in [-0.25, -0.2) is 0 Å². The lowest BCUT2D eigenvalue weighted by Crippen LogP contribution is -2.57. The summed E-state index contributed by atoms with van der Waals surface area (Å²) in [5, 5.41) is 0. The number of hydrogen-bond acceptors (Lipinski definition) is 5. The largest absolute Gasteiger partial charge is 0.459 e. The molecule has 19 heavy (non-hydrogen) atoms. The third-order valence-electron chi connectivity index (χ3n) is 3.50. The van der Waals surface area contributed by atoms with Crippen LogP contribution in [-0.4, -0.2) is 66.2 Å². The molecule has 0 unspecified atom stereocenters. The smallest absolute Gasteiger partial charge is 0.320 e. The molecule has 0 aromatic heterocycles. The Bertz CT molecular complexity index is 302. The Morgan fingerprint density at radius 3 is 2.05 bits per heavy atom. The van der Waals surface area contributed by atoms with Crippen molar-refractivity contribution in [2.75, 3.05) is 39.3 Å². The van der Waals surface area contributed by atoms with E-state index in [0.717, 1.165) is 26.2 Å². The maximum atomic E-state index is 11.8. The molecule has 0 aliphatic carbocycles. The van der Waals surface area contributed by atoms with Crippen LogP contribution < -0.4 is 5.73 Å². The first kappa shape index (κ1) is 16.4. The normalized spacial score (nSPS) is 19.5. The zero-order chi connectivity index (χ0) is 14.7. The highest BCUT2D eigenvalue weighted by molar-refractivity contribution is 5.72. The number of carbonyl (C=O) groups excluding carboxylic acids is 1. The van der Waals surface area contributed by atoms with Crippen LogP contribution in [0, 0.1) is 0 Å². The summed E-state index contributed by atoms with van der Waals surface area (Å²) in [5.74, 6) is -0.140. The molecule has 1 fully saturated rings. The molecule has 0 amide bonds. The van der Waals surface area contributed by atoms with Crippen LogP contribution in [0.15, 0.2) is 0 Å². The van der Waals surface area contributed by atoms with Crippen LogP contribution in [-0.2, 0) is 9.53 Å². The topological polar surface area (TPSA) is 58.8 Å². The van der Waals surface area contributed by atoms with Gasteiger partial charge in [-0.3, -0.25) is 14.6 Å². The first-order valence-corrected chi connectivity index (χ1v) is 7.03. The Kier molecular flexibility index (Phi) is 5.35.